The zero-order valence-corrected chi connectivity index (χ0v) is 14.9. The van der Waals surface area contributed by atoms with Gasteiger partial charge in [0.15, 0.2) is 0 Å². The van der Waals surface area contributed by atoms with Crippen LogP contribution >= 0.6 is 11.3 Å². The molecule has 0 amide bonds. The van der Waals surface area contributed by atoms with Crippen molar-refractivity contribution in [1.82, 2.24) is 10.2 Å². The molecule has 7 nitrogen and oxygen atoms in total. The Hall–Kier alpha value is -2.22. The highest BCUT2D eigenvalue weighted by atomic mass is 32.1. The Morgan fingerprint density at radius 2 is 1.62 bits per heavy atom. The fourth-order valence-electron chi connectivity index (χ4n) is 2.59. The van der Waals surface area contributed by atoms with Gasteiger partial charge in [0.1, 0.15) is 5.01 Å². The molecule has 0 aliphatic carbocycles. The van der Waals surface area contributed by atoms with E-state index < -0.39 is 0 Å². The second kappa shape index (κ2) is 6.35. The summed E-state index contributed by atoms with van der Waals surface area (Å²) in [5.41, 5.74) is 1.17. The van der Waals surface area contributed by atoms with Crippen LogP contribution < -0.4 is 9.80 Å². The zero-order valence-electron chi connectivity index (χ0n) is 14.1. The van der Waals surface area contributed by atoms with Gasteiger partial charge >= 0.3 is 0 Å². The highest BCUT2D eigenvalue weighted by Gasteiger charge is 2.24. The molecule has 1 aliphatic rings. The predicted molar refractivity (Wildman–Crippen MR) is 96.1 cm³/mol. The van der Waals surface area contributed by atoms with Crippen molar-refractivity contribution >= 4 is 27.8 Å². The third-order valence-corrected chi connectivity index (χ3v) is 5.44. The third-order valence-electron chi connectivity index (χ3n) is 4.03. The van der Waals surface area contributed by atoms with Gasteiger partial charge in [0, 0.05) is 49.4 Å². The topological polar surface area (TPSA) is 75.4 Å². The molecule has 1 aromatic carbocycles. The summed E-state index contributed by atoms with van der Waals surface area (Å²) in [6, 6.07) is 6.75. The van der Waals surface area contributed by atoms with Crippen LogP contribution in [0.5, 0.6) is 0 Å². The van der Waals surface area contributed by atoms with Crippen molar-refractivity contribution in [2.45, 2.75) is 26.2 Å². The predicted octanol–water partition coefficient (Wildman–Crippen LogP) is 3.07. The second-order valence-corrected chi connectivity index (χ2v) is 7.84. The Labute approximate surface area is 145 Å². The molecule has 0 bridgehead atoms. The van der Waals surface area contributed by atoms with Crippen molar-refractivity contribution in [3.05, 3.63) is 39.4 Å². The average molecular weight is 347 g/mol. The summed E-state index contributed by atoms with van der Waals surface area (Å²) in [5.74, 6) is 0. The molecule has 8 heteroatoms. The summed E-state index contributed by atoms with van der Waals surface area (Å²) in [5, 5.41) is 21.4. The van der Waals surface area contributed by atoms with Gasteiger partial charge in [-0.1, -0.05) is 32.1 Å². The molecule has 0 radical (unpaired) electrons. The number of rotatable bonds is 3. The number of nitro groups is 1. The van der Waals surface area contributed by atoms with Crippen molar-refractivity contribution < 1.29 is 4.92 Å². The summed E-state index contributed by atoms with van der Waals surface area (Å²) in [4.78, 5) is 14.9. The average Bonchev–Trinajstić information content (AvgIpc) is 3.05. The van der Waals surface area contributed by atoms with Crippen LogP contribution in [-0.4, -0.2) is 41.3 Å². The summed E-state index contributed by atoms with van der Waals surface area (Å²) in [6.07, 6.45) is 0. The van der Waals surface area contributed by atoms with Crippen LogP contribution in [0.1, 0.15) is 25.8 Å². The molecule has 24 heavy (non-hydrogen) atoms. The maximum absolute atomic E-state index is 10.7. The van der Waals surface area contributed by atoms with E-state index in [-0.39, 0.29) is 16.0 Å². The molecule has 2 heterocycles. The standard InChI is InChI=1S/C16H21N5O2S/c1-16(2,3)14-17-18-15(24-14)20-10-8-19(9-11-20)12-4-6-13(7-5-12)21(22)23/h4-7H,8-11H2,1-3H3. The quantitative estimate of drug-likeness (QED) is 0.627. The van der Waals surface area contributed by atoms with Crippen LogP contribution in [0.2, 0.25) is 0 Å². The normalized spacial score (nSPS) is 15.6. The van der Waals surface area contributed by atoms with Crippen LogP contribution in [0, 0.1) is 10.1 Å². The van der Waals surface area contributed by atoms with E-state index in [4.69, 9.17) is 0 Å². The molecule has 3 rings (SSSR count). The lowest BCUT2D eigenvalue weighted by atomic mass is 9.98. The van der Waals surface area contributed by atoms with Crippen molar-refractivity contribution in [1.29, 1.82) is 0 Å². The molecule has 1 aliphatic heterocycles. The van der Waals surface area contributed by atoms with E-state index in [0.717, 1.165) is 42.0 Å². The smallest absolute Gasteiger partial charge is 0.269 e. The lowest BCUT2D eigenvalue weighted by Crippen LogP contribution is -2.46. The monoisotopic (exact) mass is 347 g/mol. The van der Waals surface area contributed by atoms with Gasteiger partial charge in [0.25, 0.3) is 5.69 Å². The molecule has 0 saturated carbocycles. The minimum Gasteiger partial charge on any atom is -0.368 e. The lowest BCUT2D eigenvalue weighted by molar-refractivity contribution is -0.384. The van der Waals surface area contributed by atoms with E-state index in [0.29, 0.717) is 0 Å². The van der Waals surface area contributed by atoms with Gasteiger partial charge in [-0.3, -0.25) is 10.1 Å². The number of anilines is 2. The van der Waals surface area contributed by atoms with Gasteiger partial charge in [0.05, 0.1) is 4.92 Å². The van der Waals surface area contributed by atoms with Crippen molar-refractivity contribution in [3.63, 3.8) is 0 Å². The van der Waals surface area contributed by atoms with Crippen LogP contribution in [-0.2, 0) is 5.41 Å². The van der Waals surface area contributed by atoms with Gasteiger partial charge < -0.3 is 9.80 Å². The van der Waals surface area contributed by atoms with E-state index in [1.165, 1.54) is 0 Å². The van der Waals surface area contributed by atoms with E-state index in [9.17, 15) is 10.1 Å². The van der Waals surface area contributed by atoms with E-state index in [1.807, 2.05) is 12.1 Å². The summed E-state index contributed by atoms with van der Waals surface area (Å²) < 4.78 is 0. The number of benzene rings is 1. The fraction of sp³-hybridized carbons (Fsp3) is 0.500. The molecule has 1 fully saturated rings. The first kappa shape index (κ1) is 16.6. The van der Waals surface area contributed by atoms with E-state index in [1.54, 1.807) is 23.5 Å². The Balaban J connectivity index is 1.63. The third kappa shape index (κ3) is 3.48. The molecule has 2 aromatic rings. The Morgan fingerprint density at radius 3 is 2.12 bits per heavy atom. The van der Waals surface area contributed by atoms with Crippen LogP contribution in [0.25, 0.3) is 0 Å². The van der Waals surface area contributed by atoms with Crippen LogP contribution in [0.3, 0.4) is 0 Å². The summed E-state index contributed by atoms with van der Waals surface area (Å²) >= 11 is 1.66. The van der Waals surface area contributed by atoms with Gasteiger partial charge in [-0.2, -0.15) is 0 Å². The lowest BCUT2D eigenvalue weighted by Gasteiger charge is -2.35. The first-order valence-electron chi connectivity index (χ1n) is 7.93. The summed E-state index contributed by atoms with van der Waals surface area (Å²) in [6.45, 7) is 9.90. The molecule has 0 atom stereocenters. The molecular formula is C16H21N5O2S. The Morgan fingerprint density at radius 1 is 1.04 bits per heavy atom. The van der Waals surface area contributed by atoms with Crippen molar-refractivity contribution in [2.24, 2.45) is 0 Å². The number of hydrogen-bond donors (Lipinski definition) is 0. The highest BCUT2D eigenvalue weighted by molar-refractivity contribution is 7.15. The fourth-order valence-corrected chi connectivity index (χ4v) is 3.54. The van der Waals surface area contributed by atoms with Crippen LogP contribution in [0.15, 0.2) is 24.3 Å². The Bertz CT molecular complexity index is 715. The number of nitrogens with zero attached hydrogens (tertiary/aromatic N) is 5. The number of nitro benzene ring substituents is 1. The van der Waals surface area contributed by atoms with E-state index >= 15 is 0 Å². The minimum absolute atomic E-state index is 0.0243. The maximum Gasteiger partial charge on any atom is 0.269 e. The molecular weight excluding hydrogens is 326 g/mol. The van der Waals surface area contributed by atoms with Gasteiger partial charge in [-0.05, 0) is 12.1 Å². The molecule has 0 spiro atoms. The van der Waals surface area contributed by atoms with Gasteiger partial charge in [-0.25, -0.2) is 0 Å². The van der Waals surface area contributed by atoms with Crippen LogP contribution in [0.4, 0.5) is 16.5 Å². The number of non-ortho nitro benzene ring substituents is 1. The molecule has 0 N–H and O–H groups in total. The number of hydrogen-bond acceptors (Lipinski definition) is 7. The first-order chi connectivity index (χ1) is 11.3. The summed E-state index contributed by atoms with van der Waals surface area (Å²) in [7, 11) is 0. The zero-order chi connectivity index (χ0) is 17.3. The largest absolute Gasteiger partial charge is 0.368 e. The van der Waals surface area contributed by atoms with Gasteiger partial charge in [-0.15, -0.1) is 10.2 Å². The Kier molecular flexibility index (Phi) is 4.40. The number of aromatic nitrogens is 2. The molecule has 128 valence electrons. The van der Waals surface area contributed by atoms with Crippen molar-refractivity contribution in [2.75, 3.05) is 36.0 Å². The maximum atomic E-state index is 10.7. The highest BCUT2D eigenvalue weighted by Crippen LogP contribution is 2.30. The minimum atomic E-state index is -0.371. The first-order valence-corrected chi connectivity index (χ1v) is 8.74. The SMILES string of the molecule is CC(C)(C)c1nnc(N2CCN(c3ccc([N+](=O)[O-])cc3)CC2)s1. The number of piperazine rings is 1. The van der Waals surface area contributed by atoms with Gasteiger partial charge in [0.2, 0.25) is 5.13 Å². The molecule has 0 unspecified atom stereocenters. The van der Waals surface area contributed by atoms with Crippen molar-refractivity contribution in [3.8, 4) is 0 Å². The second-order valence-electron chi connectivity index (χ2n) is 6.89. The molecule has 1 saturated heterocycles. The van der Waals surface area contributed by atoms with E-state index in [2.05, 4.69) is 40.8 Å². The molecule has 1 aromatic heterocycles.